The van der Waals surface area contributed by atoms with Gasteiger partial charge in [0.05, 0.1) is 16.7 Å². The van der Waals surface area contributed by atoms with Gasteiger partial charge < -0.3 is 13.7 Å². The number of hydrogen-bond donors (Lipinski definition) is 0. The third-order valence-electron chi connectivity index (χ3n) is 10.8. The Bertz CT molecular complexity index is 3170. The smallest absolute Gasteiger partial charge is 0.137 e. The van der Waals surface area contributed by atoms with Crippen molar-refractivity contribution in [3.63, 3.8) is 0 Å². The van der Waals surface area contributed by atoms with Crippen LogP contribution in [0.2, 0.25) is 0 Å². The summed E-state index contributed by atoms with van der Waals surface area (Å²) in [5, 5.41) is 8.29. The topological polar surface area (TPSA) is 20.8 Å². The minimum Gasteiger partial charge on any atom is -0.456 e. The molecular formula is C50H32N2O. The SMILES string of the molecule is c1ccc(-c2ccc3c(c2)oc2cc(N(c4ccc5c(-c6ccccc6)c6c7ccccc7ccn6c5c4)c4cccc5ccccc45)ccc23)cc1. The Morgan fingerprint density at radius 3 is 1.79 bits per heavy atom. The van der Waals surface area contributed by atoms with Gasteiger partial charge in [0.1, 0.15) is 11.2 Å². The standard InChI is InChI=1S/C50H32N2O/c1-3-12-33(13-4-1)37-22-25-42-43-26-23-39(32-48(43)53-47(42)30-37)52(45-21-11-18-34-14-7-9-19-40(34)45)38-24-27-44-46(31-38)51-29-28-35-15-8-10-20-41(35)50(51)49(44)36-16-5-2-6-17-36/h1-32H. The van der Waals surface area contributed by atoms with Crippen LogP contribution in [0.3, 0.4) is 0 Å². The van der Waals surface area contributed by atoms with Gasteiger partial charge in [0.2, 0.25) is 0 Å². The summed E-state index contributed by atoms with van der Waals surface area (Å²) in [5.41, 5.74) is 12.1. The van der Waals surface area contributed by atoms with E-state index in [9.17, 15) is 0 Å². The van der Waals surface area contributed by atoms with Crippen molar-refractivity contribution in [2.75, 3.05) is 4.90 Å². The molecule has 0 atom stereocenters. The first kappa shape index (κ1) is 29.6. The van der Waals surface area contributed by atoms with Crippen molar-refractivity contribution in [3.05, 3.63) is 194 Å². The molecule has 0 unspecified atom stereocenters. The molecule has 248 valence electrons. The second kappa shape index (κ2) is 11.7. The molecule has 0 aliphatic heterocycles. The molecule has 0 N–H and O–H groups in total. The second-order valence-electron chi connectivity index (χ2n) is 13.8. The van der Waals surface area contributed by atoms with Gasteiger partial charge in [-0.15, -0.1) is 0 Å². The van der Waals surface area contributed by atoms with Crippen LogP contribution in [0, 0.1) is 0 Å². The highest BCUT2D eigenvalue weighted by atomic mass is 16.3. The summed E-state index contributed by atoms with van der Waals surface area (Å²) in [7, 11) is 0. The Balaban J connectivity index is 1.16. The van der Waals surface area contributed by atoms with Crippen molar-refractivity contribution in [1.29, 1.82) is 0 Å². The van der Waals surface area contributed by atoms with E-state index < -0.39 is 0 Å². The quantitative estimate of drug-likeness (QED) is 0.181. The largest absolute Gasteiger partial charge is 0.456 e. The average Bonchev–Trinajstić information content (AvgIpc) is 3.76. The van der Waals surface area contributed by atoms with Crippen LogP contribution in [-0.4, -0.2) is 4.40 Å². The number of nitrogens with zero attached hydrogens (tertiary/aromatic N) is 2. The van der Waals surface area contributed by atoms with Gasteiger partial charge in [-0.2, -0.15) is 0 Å². The molecule has 0 aliphatic rings. The van der Waals surface area contributed by atoms with Gasteiger partial charge in [-0.3, -0.25) is 0 Å². The minimum absolute atomic E-state index is 0.861. The molecule has 0 aliphatic carbocycles. The van der Waals surface area contributed by atoms with Crippen molar-refractivity contribution in [3.8, 4) is 22.3 Å². The van der Waals surface area contributed by atoms with Crippen molar-refractivity contribution in [1.82, 2.24) is 4.40 Å². The highest BCUT2D eigenvalue weighted by Gasteiger charge is 2.21. The third kappa shape index (κ3) is 4.68. The maximum Gasteiger partial charge on any atom is 0.137 e. The predicted molar refractivity (Wildman–Crippen MR) is 223 cm³/mol. The van der Waals surface area contributed by atoms with Crippen LogP contribution in [-0.2, 0) is 0 Å². The molecule has 3 aromatic heterocycles. The van der Waals surface area contributed by atoms with Crippen molar-refractivity contribution >= 4 is 77.0 Å². The number of anilines is 3. The van der Waals surface area contributed by atoms with E-state index in [1.807, 2.05) is 6.07 Å². The fraction of sp³-hybridized carbons (Fsp3) is 0. The molecule has 11 rings (SSSR count). The van der Waals surface area contributed by atoms with Gasteiger partial charge in [0.25, 0.3) is 0 Å². The maximum atomic E-state index is 6.65. The Kier molecular flexibility index (Phi) is 6.55. The molecule has 0 amide bonds. The number of furan rings is 1. The van der Waals surface area contributed by atoms with E-state index in [1.165, 1.54) is 49.1 Å². The summed E-state index contributed by atoms with van der Waals surface area (Å²) in [4.78, 5) is 2.38. The third-order valence-corrected chi connectivity index (χ3v) is 10.8. The van der Waals surface area contributed by atoms with Gasteiger partial charge in [-0.05, 0) is 76.0 Å². The fourth-order valence-corrected chi connectivity index (χ4v) is 8.31. The van der Waals surface area contributed by atoms with Gasteiger partial charge in [0, 0.05) is 56.1 Å². The van der Waals surface area contributed by atoms with E-state index in [4.69, 9.17) is 4.42 Å². The van der Waals surface area contributed by atoms with E-state index >= 15 is 0 Å². The molecule has 11 aromatic rings. The van der Waals surface area contributed by atoms with Crippen molar-refractivity contribution in [2.45, 2.75) is 0 Å². The van der Waals surface area contributed by atoms with E-state index in [1.54, 1.807) is 0 Å². The molecule has 0 fully saturated rings. The Labute approximate surface area is 306 Å². The molecule has 3 heterocycles. The minimum atomic E-state index is 0.861. The summed E-state index contributed by atoms with van der Waals surface area (Å²) in [6.07, 6.45) is 2.22. The van der Waals surface area contributed by atoms with E-state index in [0.717, 1.165) is 50.1 Å². The Morgan fingerprint density at radius 1 is 0.396 bits per heavy atom. The number of aromatic nitrogens is 1. The van der Waals surface area contributed by atoms with Crippen LogP contribution in [0.25, 0.3) is 82.2 Å². The molecule has 53 heavy (non-hydrogen) atoms. The van der Waals surface area contributed by atoms with E-state index in [-0.39, 0.29) is 0 Å². The molecule has 0 spiro atoms. The van der Waals surface area contributed by atoms with Crippen LogP contribution in [0.1, 0.15) is 0 Å². The van der Waals surface area contributed by atoms with E-state index in [2.05, 4.69) is 197 Å². The van der Waals surface area contributed by atoms with Crippen molar-refractivity contribution in [2.24, 2.45) is 0 Å². The average molecular weight is 677 g/mol. The lowest BCUT2D eigenvalue weighted by atomic mass is 10.00. The highest BCUT2D eigenvalue weighted by Crippen LogP contribution is 2.45. The Morgan fingerprint density at radius 2 is 1.00 bits per heavy atom. The summed E-state index contributed by atoms with van der Waals surface area (Å²) >= 11 is 0. The molecule has 0 bridgehead atoms. The van der Waals surface area contributed by atoms with Crippen LogP contribution in [0.15, 0.2) is 199 Å². The zero-order valence-electron chi connectivity index (χ0n) is 28.8. The van der Waals surface area contributed by atoms with Gasteiger partial charge in [-0.25, -0.2) is 0 Å². The summed E-state index contributed by atoms with van der Waals surface area (Å²) in [6.45, 7) is 0. The highest BCUT2D eigenvalue weighted by molar-refractivity contribution is 6.15. The van der Waals surface area contributed by atoms with Crippen LogP contribution < -0.4 is 4.90 Å². The first-order valence-corrected chi connectivity index (χ1v) is 18.1. The number of fused-ring (bicyclic) bond motifs is 9. The first-order chi connectivity index (χ1) is 26.3. The van der Waals surface area contributed by atoms with Crippen LogP contribution in [0.5, 0.6) is 0 Å². The molecule has 0 saturated heterocycles. The van der Waals surface area contributed by atoms with Crippen LogP contribution >= 0.6 is 0 Å². The number of pyridine rings is 1. The number of benzene rings is 8. The zero-order chi connectivity index (χ0) is 34.9. The fourth-order valence-electron chi connectivity index (χ4n) is 8.31. The predicted octanol–water partition coefficient (Wildman–Crippen LogP) is 14.1. The number of hydrogen-bond acceptors (Lipinski definition) is 2. The normalized spacial score (nSPS) is 11.8. The molecule has 0 radical (unpaired) electrons. The summed E-state index contributed by atoms with van der Waals surface area (Å²) in [6, 6.07) is 67.5. The summed E-state index contributed by atoms with van der Waals surface area (Å²) in [5.74, 6) is 0. The lowest BCUT2D eigenvalue weighted by molar-refractivity contribution is 0.669. The molecule has 8 aromatic carbocycles. The Hall–Kier alpha value is -7.10. The van der Waals surface area contributed by atoms with Gasteiger partial charge in [-0.1, -0.05) is 133 Å². The molecule has 3 nitrogen and oxygen atoms in total. The van der Waals surface area contributed by atoms with Crippen LogP contribution in [0.4, 0.5) is 17.1 Å². The molecule has 3 heteroatoms. The van der Waals surface area contributed by atoms with E-state index in [0.29, 0.717) is 0 Å². The van der Waals surface area contributed by atoms with Crippen molar-refractivity contribution < 1.29 is 4.42 Å². The van der Waals surface area contributed by atoms with Gasteiger partial charge in [0.15, 0.2) is 0 Å². The zero-order valence-corrected chi connectivity index (χ0v) is 28.8. The summed E-state index contributed by atoms with van der Waals surface area (Å²) < 4.78 is 9.03. The first-order valence-electron chi connectivity index (χ1n) is 18.1. The monoisotopic (exact) mass is 676 g/mol. The lowest BCUT2D eigenvalue weighted by Crippen LogP contribution is -2.10. The number of rotatable bonds is 5. The molecule has 0 saturated carbocycles. The second-order valence-corrected chi connectivity index (χ2v) is 13.8. The van der Waals surface area contributed by atoms with Gasteiger partial charge >= 0.3 is 0 Å². The lowest BCUT2D eigenvalue weighted by Gasteiger charge is -2.27. The molecular weight excluding hydrogens is 645 g/mol. The maximum absolute atomic E-state index is 6.65.